The van der Waals surface area contributed by atoms with Crippen LogP contribution in [0.15, 0.2) is 54.9 Å². The van der Waals surface area contributed by atoms with Crippen LogP contribution in [0.25, 0.3) is 22.3 Å². The lowest BCUT2D eigenvalue weighted by Crippen LogP contribution is -2.21. The molecule has 3 aromatic heterocycles. The Kier molecular flexibility index (Phi) is 6.21. The van der Waals surface area contributed by atoms with Crippen molar-refractivity contribution in [1.82, 2.24) is 19.5 Å². The second-order valence-corrected chi connectivity index (χ2v) is 9.71. The van der Waals surface area contributed by atoms with E-state index in [-0.39, 0.29) is 0 Å². The summed E-state index contributed by atoms with van der Waals surface area (Å²) in [5.41, 5.74) is 4.52. The van der Waals surface area contributed by atoms with E-state index in [0.29, 0.717) is 22.3 Å². The molecular formula is C27H27ClN6. The zero-order chi connectivity index (χ0) is 23.7. The van der Waals surface area contributed by atoms with Crippen LogP contribution < -0.4 is 4.90 Å². The monoisotopic (exact) mass is 470 g/mol. The second kappa shape index (κ2) is 9.44. The summed E-state index contributed by atoms with van der Waals surface area (Å²) in [5, 5.41) is 10.2. The van der Waals surface area contributed by atoms with Crippen LogP contribution in [0.5, 0.6) is 0 Å². The summed E-state index contributed by atoms with van der Waals surface area (Å²) < 4.78 is 2.29. The van der Waals surface area contributed by atoms with E-state index in [2.05, 4.69) is 39.6 Å². The smallest absolute Gasteiger partial charge is 0.210 e. The van der Waals surface area contributed by atoms with Crippen LogP contribution in [0, 0.1) is 23.2 Å². The average molecular weight is 471 g/mol. The van der Waals surface area contributed by atoms with Crippen LogP contribution in [0.1, 0.15) is 38.3 Å². The van der Waals surface area contributed by atoms with Crippen molar-refractivity contribution in [1.29, 1.82) is 5.26 Å². The molecule has 7 heteroatoms. The van der Waals surface area contributed by atoms with Crippen molar-refractivity contribution < 1.29 is 0 Å². The minimum absolute atomic E-state index is 0.326. The highest BCUT2D eigenvalue weighted by Crippen LogP contribution is 2.37. The van der Waals surface area contributed by atoms with Gasteiger partial charge in [-0.25, -0.2) is 9.97 Å². The minimum atomic E-state index is 0.326. The number of pyridine rings is 2. The normalized spacial score (nSPS) is 18.1. The second-order valence-electron chi connectivity index (χ2n) is 9.27. The number of nitrogens with zero attached hydrogens (tertiary/aromatic N) is 6. The molecular weight excluding hydrogens is 444 g/mol. The Bertz CT molecular complexity index is 1350. The summed E-state index contributed by atoms with van der Waals surface area (Å²) in [6.45, 7) is 3.19. The van der Waals surface area contributed by atoms with Crippen molar-refractivity contribution in [2.24, 2.45) is 11.8 Å². The van der Waals surface area contributed by atoms with E-state index in [1.54, 1.807) is 18.5 Å². The topological polar surface area (TPSA) is 70.6 Å². The van der Waals surface area contributed by atoms with Gasteiger partial charge in [0.05, 0.1) is 21.7 Å². The van der Waals surface area contributed by atoms with Gasteiger partial charge in [0.15, 0.2) is 0 Å². The molecule has 0 N–H and O–H groups in total. The molecule has 5 rings (SSSR count). The van der Waals surface area contributed by atoms with E-state index >= 15 is 0 Å². The van der Waals surface area contributed by atoms with Gasteiger partial charge >= 0.3 is 0 Å². The number of hydrogen-bond acceptors (Lipinski definition) is 5. The van der Waals surface area contributed by atoms with Gasteiger partial charge in [-0.1, -0.05) is 49.6 Å². The van der Waals surface area contributed by atoms with E-state index < -0.39 is 0 Å². The van der Waals surface area contributed by atoms with E-state index in [1.165, 1.54) is 25.7 Å². The molecule has 0 atom stereocenters. The number of nitriles is 1. The Morgan fingerprint density at radius 1 is 1.09 bits per heavy atom. The Balaban J connectivity index is 1.72. The summed E-state index contributed by atoms with van der Waals surface area (Å²) in [4.78, 5) is 16.1. The summed E-state index contributed by atoms with van der Waals surface area (Å²) in [5.74, 6) is 2.20. The number of anilines is 2. The van der Waals surface area contributed by atoms with Crippen molar-refractivity contribution >= 4 is 34.3 Å². The van der Waals surface area contributed by atoms with Gasteiger partial charge in [-0.15, -0.1) is 0 Å². The number of fused-ring (bicyclic) bond motifs is 1. The highest BCUT2D eigenvalue weighted by Gasteiger charge is 2.25. The average Bonchev–Trinajstić information content (AvgIpc) is 3.23. The highest BCUT2D eigenvalue weighted by atomic mass is 35.5. The maximum atomic E-state index is 9.67. The van der Waals surface area contributed by atoms with Gasteiger partial charge in [-0.2, -0.15) is 5.26 Å². The summed E-state index contributed by atoms with van der Waals surface area (Å²) in [6, 6.07) is 16.0. The molecule has 1 aliphatic carbocycles. The van der Waals surface area contributed by atoms with Crippen molar-refractivity contribution in [3.05, 3.63) is 65.6 Å². The molecule has 1 saturated carbocycles. The summed E-state index contributed by atoms with van der Waals surface area (Å²) >= 11 is 6.28. The molecule has 1 fully saturated rings. The third-order valence-electron chi connectivity index (χ3n) is 6.82. The van der Waals surface area contributed by atoms with Crippen LogP contribution in [0.3, 0.4) is 0 Å². The fourth-order valence-electron chi connectivity index (χ4n) is 4.91. The SMILES string of the molecule is CC1CCC(Cn2c(N(C)c3ccccc3)nc3cc(C#N)nc(-c4cncc(Cl)c4)c32)CC1. The van der Waals surface area contributed by atoms with E-state index in [4.69, 9.17) is 21.6 Å². The molecule has 34 heavy (non-hydrogen) atoms. The van der Waals surface area contributed by atoms with Crippen molar-refractivity contribution in [2.75, 3.05) is 11.9 Å². The van der Waals surface area contributed by atoms with Gasteiger partial charge < -0.3 is 9.47 Å². The van der Waals surface area contributed by atoms with Crippen LogP contribution in [0.4, 0.5) is 11.6 Å². The Hall–Kier alpha value is -3.43. The maximum absolute atomic E-state index is 9.67. The third-order valence-corrected chi connectivity index (χ3v) is 7.02. The highest BCUT2D eigenvalue weighted by molar-refractivity contribution is 6.30. The van der Waals surface area contributed by atoms with Gasteiger partial charge in [-0.05, 0) is 42.9 Å². The van der Waals surface area contributed by atoms with Crippen LogP contribution in [-0.2, 0) is 6.54 Å². The largest absolute Gasteiger partial charge is 0.315 e. The summed E-state index contributed by atoms with van der Waals surface area (Å²) in [7, 11) is 2.04. The standard InChI is InChI=1S/C27H27ClN6/c1-18-8-10-19(11-9-18)17-34-26-24(32-27(34)33(2)23-6-4-3-5-7-23)13-22(14-29)31-25(26)20-12-21(28)16-30-15-20/h3-7,12-13,15-16,18-19H,8-11,17H2,1-2H3. The molecule has 0 saturated heterocycles. The lowest BCUT2D eigenvalue weighted by Gasteiger charge is -2.28. The Morgan fingerprint density at radius 3 is 2.56 bits per heavy atom. The molecule has 0 unspecified atom stereocenters. The predicted octanol–water partition coefficient (Wildman–Crippen LogP) is 6.61. The molecule has 0 radical (unpaired) electrons. The number of hydrogen-bond donors (Lipinski definition) is 0. The van der Waals surface area contributed by atoms with E-state index in [0.717, 1.165) is 40.7 Å². The first-order valence-corrected chi connectivity index (χ1v) is 12.1. The van der Waals surface area contributed by atoms with Crippen LogP contribution >= 0.6 is 11.6 Å². The molecule has 1 aromatic carbocycles. The zero-order valence-electron chi connectivity index (χ0n) is 19.4. The first-order valence-electron chi connectivity index (χ1n) is 11.7. The Labute approximate surface area is 204 Å². The van der Waals surface area contributed by atoms with E-state index in [1.807, 2.05) is 31.3 Å². The molecule has 0 spiro atoms. The maximum Gasteiger partial charge on any atom is 0.210 e. The molecule has 6 nitrogen and oxygen atoms in total. The molecule has 4 aromatic rings. The van der Waals surface area contributed by atoms with Crippen LogP contribution in [0.2, 0.25) is 5.02 Å². The zero-order valence-corrected chi connectivity index (χ0v) is 20.2. The predicted molar refractivity (Wildman–Crippen MR) is 136 cm³/mol. The molecule has 0 amide bonds. The van der Waals surface area contributed by atoms with Gasteiger partial charge in [-0.3, -0.25) is 4.98 Å². The number of benzene rings is 1. The quantitative estimate of drug-likeness (QED) is 0.328. The molecule has 172 valence electrons. The first-order chi connectivity index (χ1) is 16.5. The minimum Gasteiger partial charge on any atom is -0.315 e. The van der Waals surface area contributed by atoms with Crippen LogP contribution in [-0.4, -0.2) is 26.6 Å². The number of para-hydroxylation sites is 1. The molecule has 0 bridgehead atoms. The number of aromatic nitrogens is 4. The molecule has 0 aliphatic heterocycles. The van der Waals surface area contributed by atoms with E-state index in [9.17, 15) is 5.26 Å². The van der Waals surface area contributed by atoms with Gasteiger partial charge in [0, 0.05) is 43.3 Å². The first kappa shape index (κ1) is 22.4. The van der Waals surface area contributed by atoms with Crippen molar-refractivity contribution in [3.63, 3.8) is 0 Å². The number of halogens is 1. The summed E-state index contributed by atoms with van der Waals surface area (Å²) in [6.07, 6.45) is 8.26. The lowest BCUT2D eigenvalue weighted by molar-refractivity contribution is 0.267. The van der Waals surface area contributed by atoms with Gasteiger partial charge in [0.1, 0.15) is 11.8 Å². The van der Waals surface area contributed by atoms with Crippen molar-refractivity contribution in [2.45, 2.75) is 39.2 Å². The third kappa shape index (κ3) is 4.36. The Morgan fingerprint density at radius 2 is 1.85 bits per heavy atom. The number of rotatable bonds is 5. The lowest BCUT2D eigenvalue weighted by atomic mass is 9.83. The number of imidazole rings is 1. The van der Waals surface area contributed by atoms with Gasteiger partial charge in [0.25, 0.3) is 0 Å². The van der Waals surface area contributed by atoms with Gasteiger partial charge in [0.2, 0.25) is 5.95 Å². The van der Waals surface area contributed by atoms with Crippen molar-refractivity contribution in [3.8, 4) is 17.3 Å². The molecule has 1 aliphatic rings. The molecule has 3 heterocycles. The fourth-order valence-corrected chi connectivity index (χ4v) is 5.08. The fraction of sp³-hybridized carbons (Fsp3) is 0.333.